The van der Waals surface area contributed by atoms with E-state index in [1.807, 2.05) is 42.3 Å². The lowest BCUT2D eigenvalue weighted by Crippen LogP contribution is -2.49. The van der Waals surface area contributed by atoms with E-state index in [-0.39, 0.29) is 35.5 Å². The standard InChI is InChI=1S/C37H45N9O4/c1-43-19-20-46(37(43)50)28-6-4-16-45(23-28)31-21-39-33(34(38)48)35(41-31)40-27-10-8-24(9-11-27)25-14-17-44(18-15-25)22-26-5-2-3-7-29(26)30-12-13-32(47)42-36(30)49/h2-3,5,7-11,21,25,28,30H,4,6,12-20,22-23H2,1H3,(H2,38,48)(H,40,41)(H,42,47,49)/t28-,30?/m1/s1. The minimum atomic E-state index is -0.656. The van der Waals surface area contributed by atoms with Crippen molar-refractivity contribution in [1.82, 2.24) is 30.0 Å². The van der Waals surface area contributed by atoms with Gasteiger partial charge < -0.3 is 25.8 Å². The molecular formula is C37H45N9O4. The number of carbonyl (C=O) groups excluding carboxylic acids is 4. The van der Waals surface area contributed by atoms with Crippen LogP contribution >= 0.6 is 0 Å². The zero-order chi connectivity index (χ0) is 34.8. The number of benzene rings is 2. The minimum absolute atomic E-state index is 0.0659. The number of urea groups is 1. The third-order valence-corrected chi connectivity index (χ3v) is 10.7. The van der Waals surface area contributed by atoms with E-state index in [0.717, 1.165) is 81.8 Å². The quantitative estimate of drug-likeness (QED) is 0.288. The number of nitrogens with two attached hydrogens (primary N) is 1. The summed E-state index contributed by atoms with van der Waals surface area (Å²) in [5.41, 5.74) is 9.98. The summed E-state index contributed by atoms with van der Waals surface area (Å²) in [5, 5.41) is 5.79. The van der Waals surface area contributed by atoms with Crippen LogP contribution in [0.3, 0.4) is 0 Å². The van der Waals surface area contributed by atoms with Gasteiger partial charge in [-0.25, -0.2) is 14.8 Å². The molecule has 2 atom stereocenters. The van der Waals surface area contributed by atoms with E-state index in [0.29, 0.717) is 36.9 Å². The second-order valence-electron chi connectivity index (χ2n) is 13.9. The van der Waals surface area contributed by atoms with Crippen LogP contribution in [0.1, 0.15) is 77.5 Å². The van der Waals surface area contributed by atoms with Gasteiger partial charge in [-0.3, -0.25) is 24.6 Å². The molecule has 1 aromatic heterocycles. The Labute approximate surface area is 292 Å². The maximum atomic E-state index is 12.6. The number of imide groups is 1. The molecule has 5 heterocycles. The molecule has 2 aromatic carbocycles. The molecule has 0 spiro atoms. The Balaban J connectivity index is 0.974. The molecule has 4 N–H and O–H groups in total. The van der Waals surface area contributed by atoms with Gasteiger partial charge in [-0.2, -0.15) is 0 Å². The SMILES string of the molecule is CN1CCN([C@@H]2CCCN(c3cnc(C(N)=O)c(Nc4ccc(C5CCN(Cc6ccccc6C6CCC(=O)NC6=O)CC5)cc4)n3)C2)C1=O. The van der Waals surface area contributed by atoms with Crippen LogP contribution < -0.4 is 21.3 Å². The van der Waals surface area contributed by atoms with Gasteiger partial charge in [-0.1, -0.05) is 36.4 Å². The Bertz CT molecular complexity index is 1760. The van der Waals surface area contributed by atoms with E-state index in [1.54, 1.807) is 11.1 Å². The molecule has 0 radical (unpaired) electrons. The van der Waals surface area contributed by atoms with Gasteiger partial charge in [-0.05, 0) is 79.9 Å². The zero-order valence-corrected chi connectivity index (χ0v) is 28.5. The van der Waals surface area contributed by atoms with Crippen LogP contribution in [0.4, 0.5) is 22.1 Å². The normalized spacial score (nSPS) is 22.2. The third kappa shape index (κ3) is 7.14. The number of nitrogens with zero attached hydrogens (tertiary/aromatic N) is 6. The van der Waals surface area contributed by atoms with Crippen LogP contribution in [-0.2, 0) is 16.1 Å². The number of nitrogens with one attached hydrogen (secondary N) is 2. The number of piperidine rings is 3. The summed E-state index contributed by atoms with van der Waals surface area (Å²) >= 11 is 0. The van der Waals surface area contributed by atoms with Gasteiger partial charge in [0.05, 0.1) is 18.2 Å². The highest BCUT2D eigenvalue weighted by molar-refractivity contribution is 6.01. The van der Waals surface area contributed by atoms with Crippen molar-refractivity contribution in [1.29, 1.82) is 0 Å². The molecule has 3 aromatic rings. The molecule has 0 saturated carbocycles. The molecule has 4 saturated heterocycles. The van der Waals surface area contributed by atoms with Crippen molar-refractivity contribution in [3.05, 3.63) is 77.1 Å². The average Bonchev–Trinajstić information content (AvgIpc) is 3.46. The summed E-state index contributed by atoms with van der Waals surface area (Å²) < 4.78 is 0. The molecule has 4 aliphatic rings. The smallest absolute Gasteiger partial charge is 0.320 e. The van der Waals surface area contributed by atoms with Crippen LogP contribution in [0.5, 0.6) is 0 Å². The van der Waals surface area contributed by atoms with Gasteiger partial charge in [-0.15, -0.1) is 0 Å². The second-order valence-corrected chi connectivity index (χ2v) is 13.9. The Kier molecular flexibility index (Phi) is 9.66. The number of likely N-dealkylation sites (N-methyl/N-ethyl adjacent to an activating group) is 1. The first-order valence-electron chi connectivity index (χ1n) is 17.7. The number of likely N-dealkylation sites (tertiary alicyclic amines) is 1. The van der Waals surface area contributed by atoms with Gasteiger partial charge in [0.1, 0.15) is 5.82 Å². The lowest BCUT2D eigenvalue weighted by atomic mass is 9.86. The number of hydrogen-bond acceptors (Lipinski definition) is 9. The van der Waals surface area contributed by atoms with Crippen molar-refractivity contribution < 1.29 is 19.2 Å². The average molecular weight is 680 g/mol. The highest BCUT2D eigenvalue weighted by atomic mass is 16.2. The number of hydrogen-bond donors (Lipinski definition) is 3. The lowest BCUT2D eigenvalue weighted by molar-refractivity contribution is -0.134. The number of amides is 5. The van der Waals surface area contributed by atoms with Crippen LogP contribution in [-0.4, -0.2) is 101 Å². The van der Waals surface area contributed by atoms with Gasteiger partial charge in [0, 0.05) is 51.9 Å². The number of rotatable bonds is 9. The van der Waals surface area contributed by atoms with E-state index in [2.05, 4.69) is 43.6 Å². The monoisotopic (exact) mass is 679 g/mol. The van der Waals surface area contributed by atoms with E-state index >= 15 is 0 Å². The number of primary amides is 1. The Morgan fingerprint density at radius 3 is 2.46 bits per heavy atom. The fourth-order valence-electron chi connectivity index (χ4n) is 7.87. The molecule has 1 unspecified atom stereocenters. The Morgan fingerprint density at radius 1 is 0.960 bits per heavy atom. The number of anilines is 3. The Hall–Kier alpha value is -5.04. The van der Waals surface area contributed by atoms with E-state index in [1.165, 1.54) is 5.56 Å². The van der Waals surface area contributed by atoms with E-state index in [9.17, 15) is 19.2 Å². The summed E-state index contributed by atoms with van der Waals surface area (Å²) in [6.45, 7) is 5.57. The first-order valence-corrected chi connectivity index (χ1v) is 17.7. The van der Waals surface area contributed by atoms with Crippen LogP contribution in [0.15, 0.2) is 54.7 Å². The maximum Gasteiger partial charge on any atom is 0.320 e. The van der Waals surface area contributed by atoms with E-state index < -0.39 is 5.91 Å². The van der Waals surface area contributed by atoms with Crippen molar-refractivity contribution in [3.8, 4) is 0 Å². The molecule has 13 heteroatoms. The predicted molar refractivity (Wildman–Crippen MR) is 189 cm³/mol. The van der Waals surface area contributed by atoms with Crippen molar-refractivity contribution in [2.45, 2.75) is 62.9 Å². The Morgan fingerprint density at radius 2 is 1.74 bits per heavy atom. The zero-order valence-electron chi connectivity index (χ0n) is 28.5. The van der Waals surface area contributed by atoms with Crippen LogP contribution in [0.25, 0.3) is 0 Å². The highest BCUT2D eigenvalue weighted by Gasteiger charge is 2.35. The molecule has 5 amide bonds. The largest absolute Gasteiger partial charge is 0.364 e. The molecule has 7 rings (SSSR count). The van der Waals surface area contributed by atoms with Crippen molar-refractivity contribution >= 4 is 41.1 Å². The number of aromatic nitrogens is 2. The maximum absolute atomic E-state index is 12.6. The van der Waals surface area contributed by atoms with Crippen molar-refractivity contribution in [3.63, 3.8) is 0 Å². The fourth-order valence-corrected chi connectivity index (χ4v) is 7.87. The van der Waals surface area contributed by atoms with Gasteiger partial charge in [0.2, 0.25) is 11.8 Å². The van der Waals surface area contributed by atoms with Gasteiger partial charge in [0.25, 0.3) is 5.91 Å². The summed E-state index contributed by atoms with van der Waals surface area (Å²) in [4.78, 5) is 66.7. The van der Waals surface area contributed by atoms with E-state index in [4.69, 9.17) is 10.7 Å². The summed E-state index contributed by atoms with van der Waals surface area (Å²) in [6, 6.07) is 16.5. The molecule has 0 bridgehead atoms. The van der Waals surface area contributed by atoms with Crippen molar-refractivity contribution in [2.24, 2.45) is 5.73 Å². The lowest BCUT2D eigenvalue weighted by Gasteiger charge is -2.37. The molecule has 4 aliphatic heterocycles. The third-order valence-electron chi connectivity index (χ3n) is 10.7. The fraction of sp³-hybridized carbons (Fsp3) is 0.459. The molecule has 0 aliphatic carbocycles. The summed E-state index contributed by atoms with van der Waals surface area (Å²) in [7, 11) is 1.83. The summed E-state index contributed by atoms with van der Waals surface area (Å²) in [5.74, 6) is 0.0449. The second kappa shape index (κ2) is 14.4. The highest BCUT2D eigenvalue weighted by Crippen LogP contribution is 2.33. The number of carbonyl (C=O) groups is 4. The molecule has 13 nitrogen and oxygen atoms in total. The molecule has 4 fully saturated rings. The summed E-state index contributed by atoms with van der Waals surface area (Å²) in [6.07, 6.45) is 6.42. The van der Waals surface area contributed by atoms with Crippen LogP contribution in [0, 0.1) is 0 Å². The molecule has 262 valence electrons. The molecular weight excluding hydrogens is 634 g/mol. The molecule has 50 heavy (non-hydrogen) atoms. The van der Waals surface area contributed by atoms with Gasteiger partial charge >= 0.3 is 6.03 Å². The first kappa shape index (κ1) is 33.5. The topological polar surface area (TPSA) is 157 Å². The van der Waals surface area contributed by atoms with Crippen molar-refractivity contribution in [2.75, 3.05) is 56.5 Å². The van der Waals surface area contributed by atoms with Crippen LogP contribution in [0.2, 0.25) is 0 Å². The van der Waals surface area contributed by atoms with Gasteiger partial charge in [0.15, 0.2) is 11.5 Å². The minimum Gasteiger partial charge on any atom is -0.364 e. The predicted octanol–water partition coefficient (Wildman–Crippen LogP) is 3.56. The first-order chi connectivity index (χ1) is 24.2.